The number of nitrogens with zero attached hydrogens (tertiary/aromatic N) is 2. The number of anilines is 1. The number of carbonyl (C=O) groups excluding carboxylic acids is 2. The Bertz CT molecular complexity index is 1130. The van der Waals surface area contributed by atoms with Gasteiger partial charge in [-0.05, 0) is 31.0 Å². The SMILES string of the molecule is CC[C@H](C(=O)NC)N(Cc1ccc(C)cc1)C(=O)CN(c1ccc2c(c1)OCCO2)S(C)(=O)=O. The molecule has 2 aromatic rings. The second-order valence-corrected chi connectivity index (χ2v) is 10.0. The molecule has 2 amide bonds. The third-order valence-corrected chi connectivity index (χ3v) is 6.74. The van der Waals surface area contributed by atoms with Crippen molar-refractivity contribution >= 4 is 27.5 Å². The Kier molecular flexibility index (Phi) is 8.03. The first-order valence-corrected chi connectivity index (χ1v) is 12.9. The Morgan fingerprint density at radius 1 is 1.06 bits per heavy atom. The average molecular weight is 490 g/mol. The zero-order valence-electron chi connectivity index (χ0n) is 19.9. The zero-order chi connectivity index (χ0) is 24.9. The molecule has 0 aromatic heterocycles. The lowest BCUT2D eigenvalue weighted by molar-refractivity contribution is -0.140. The van der Waals surface area contributed by atoms with Crippen molar-refractivity contribution in [3.8, 4) is 11.5 Å². The number of amides is 2. The van der Waals surface area contributed by atoms with Crippen molar-refractivity contribution in [3.05, 3.63) is 53.6 Å². The number of nitrogens with one attached hydrogen (secondary N) is 1. The summed E-state index contributed by atoms with van der Waals surface area (Å²) in [4.78, 5) is 27.5. The predicted molar refractivity (Wildman–Crippen MR) is 129 cm³/mol. The van der Waals surface area contributed by atoms with Gasteiger partial charge in [0.25, 0.3) is 0 Å². The van der Waals surface area contributed by atoms with Gasteiger partial charge in [0.2, 0.25) is 21.8 Å². The van der Waals surface area contributed by atoms with Gasteiger partial charge in [-0.3, -0.25) is 13.9 Å². The molecule has 0 saturated carbocycles. The van der Waals surface area contributed by atoms with Crippen molar-refractivity contribution in [2.24, 2.45) is 0 Å². The summed E-state index contributed by atoms with van der Waals surface area (Å²) < 4.78 is 37.5. The molecule has 0 saturated heterocycles. The van der Waals surface area contributed by atoms with Crippen LogP contribution in [0, 0.1) is 6.92 Å². The molecule has 9 nitrogen and oxygen atoms in total. The van der Waals surface area contributed by atoms with E-state index in [1.54, 1.807) is 18.2 Å². The quantitative estimate of drug-likeness (QED) is 0.578. The fraction of sp³-hybridized carbons (Fsp3) is 0.417. The highest BCUT2D eigenvalue weighted by atomic mass is 32.2. The van der Waals surface area contributed by atoms with Crippen LogP contribution in [-0.2, 0) is 26.2 Å². The standard InChI is InChI=1S/C24H31N3O6S/c1-5-20(24(29)25-3)26(15-18-8-6-17(2)7-9-18)23(28)16-27(34(4,30)31)19-10-11-21-22(14-19)33-13-12-32-21/h6-11,14,20H,5,12-13,15-16H2,1-4H3,(H,25,29)/t20-/m1/s1. The summed E-state index contributed by atoms with van der Waals surface area (Å²) in [6.07, 6.45) is 1.41. The van der Waals surface area contributed by atoms with Crippen molar-refractivity contribution in [3.63, 3.8) is 0 Å². The molecule has 0 radical (unpaired) electrons. The van der Waals surface area contributed by atoms with E-state index in [2.05, 4.69) is 5.32 Å². The molecular weight excluding hydrogens is 458 g/mol. The second kappa shape index (κ2) is 10.8. The highest BCUT2D eigenvalue weighted by Gasteiger charge is 2.31. The van der Waals surface area contributed by atoms with Crippen LogP contribution < -0.4 is 19.1 Å². The van der Waals surface area contributed by atoms with Crippen molar-refractivity contribution in [1.82, 2.24) is 10.2 Å². The van der Waals surface area contributed by atoms with Crippen LogP contribution in [0.2, 0.25) is 0 Å². The first-order valence-electron chi connectivity index (χ1n) is 11.1. The van der Waals surface area contributed by atoms with E-state index in [0.717, 1.165) is 21.7 Å². The Morgan fingerprint density at radius 2 is 1.71 bits per heavy atom. The summed E-state index contributed by atoms with van der Waals surface area (Å²) in [6.45, 7) is 4.24. The summed E-state index contributed by atoms with van der Waals surface area (Å²) in [6, 6.07) is 11.6. The molecule has 0 spiro atoms. The molecule has 3 rings (SSSR count). The fourth-order valence-corrected chi connectivity index (χ4v) is 4.62. The summed E-state index contributed by atoms with van der Waals surface area (Å²) in [5, 5.41) is 2.60. The minimum Gasteiger partial charge on any atom is -0.486 e. The molecule has 0 unspecified atom stereocenters. The number of ether oxygens (including phenoxy) is 2. The monoisotopic (exact) mass is 489 g/mol. The molecule has 0 aliphatic carbocycles. The summed E-state index contributed by atoms with van der Waals surface area (Å²) >= 11 is 0. The molecule has 0 fully saturated rings. The smallest absolute Gasteiger partial charge is 0.244 e. The number of carbonyl (C=O) groups is 2. The molecule has 1 N–H and O–H groups in total. The number of benzene rings is 2. The first-order chi connectivity index (χ1) is 16.1. The number of likely N-dealkylation sites (N-methyl/N-ethyl adjacent to an activating group) is 1. The maximum atomic E-state index is 13.5. The normalized spacial score (nSPS) is 13.6. The topological polar surface area (TPSA) is 105 Å². The Hall–Kier alpha value is -3.27. The highest BCUT2D eigenvalue weighted by Crippen LogP contribution is 2.34. The Balaban J connectivity index is 1.94. The number of sulfonamides is 1. The van der Waals surface area contributed by atoms with Gasteiger partial charge in [-0.2, -0.15) is 0 Å². The van der Waals surface area contributed by atoms with E-state index in [9.17, 15) is 18.0 Å². The molecular formula is C24H31N3O6S. The lowest BCUT2D eigenvalue weighted by Crippen LogP contribution is -2.51. The average Bonchev–Trinajstić information content (AvgIpc) is 2.82. The molecule has 2 aromatic carbocycles. The van der Waals surface area contributed by atoms with Gasteiger partial charge in [-0.1, -0.05) is 36.8 Å². The van der Waals surface area contributed by atoms with Gasteiger partial charge in [0, 0.05) is 19.7 Å². The number of fused-ring (bicyclic) bond motifs is 1. The maximum Gasteiger partial charge on any atom is 0.244 e. The van der Waals surface area contributed by atoms with Gasteiger partial charge < -0.3 is 19.7 Å². The molecule has 1 aliphatic heterocycles. The van der Waals surface area contributed by atoms with E-state index >= 15 is 0 Å². The first kappa shape index (κ1) is 25.4. The third kappa shape index (κ3) is 5.99. The largest absolute Gasteiger partial charge is 0.486 e. The van der Waals surface area contributed by atoms with Crippen LogP contribution in [0.1, 0.15) is 24.5 Å². The maximum absolute atomic E-state index is 13.5. The van der Waals surface area contributed by atoms with Crippen LogP contribution >= 0.6 is 0 Å². The number of rotatable bonds is 9. The van der Waals surface area contributed by atoms with Gasteiger partial charge in [-0.15, -0.1) is 0 Å². The highest BCUT2D eigenvalue weighted by molar-refractivity contribution is 7.92. The van der Waals surface area contributed by atoms with E-state index in [0.29, 0.717) is 31.1 Å². The van der Waals surface area contributed by atoms with Crippen molar-refractivity contribution in [2.75, 3.05) is 37.4 Å². The molecule has 1 heterocycles. The van der Waals surface area contributed by atoms with Crippen molar-refractivity contribution in [2.45, 2.75) is 32.9 Å². The summed E-state index contributed by atoms with van der Waals surface area (Å²) in [7, 11) is -2.31. The third-order valence-electron chi connectivity index (χ3n) is 5.60. The predicted octanol–water partition coefficient (Wildman–Crippen LogP) is 2.09. The van der Waals surface area contributed by atoms with Crippen LogP contribution in [0.4, 0.5) is 5.69 Å². The van der Waals surface area contributed by atoms with Gasteiger partial charge in [-0.25, -0.2) is 8.42 Å². The van der Waals surface area contributed by atoms with Crippen molar-refractivity contribution in [1.29, 1.82) is 0 Å². The number of aryl methyl sites for hydroxylation is 1. The molecule has 0 bridgehead atoms. The summed E-state index contributed by atoms with van der Waals surface area (Å²) in [5.74, 6) is 0.129. The van der Waals surface area contributed by atoms with Crippen LogP contribution in [0.3, 0.4) is 0 Å². The molecule has 1 aliphatic rings. The zero-order valence-corrected chi connectivity index (χ0v) is 20.7. The summed E-state index contributed by atoms with van der Waals surface area (Å²) in [5.41, 5.74) is 2.19. The van der Waals surface area contributed by atoms with Gasteiger partial charge in [0.15, 0.2) is 11.5 Å². The molecule has 184 valence electrons. The Morgan fingerprint density at radius 3 is 2.29 bits per heavy atom. The van der Waals surface area contributed by atoms with Crippen LogP contribution in [-0.4, -0.2) is 64.2 Å². The number of hydrogen-bond donors (Lipinski definition) is 1. The molecule has 34 heavy (non-hydrogen) atoms. The minimum atomic E-state index is -3.82. The van der Waals surface area contributed by atoms with E-state index in [1.807, 2.05) is 38.1 Å². The van der Waals surface area contributed by atoms with E-state index in [-0.39, 0.29) is 18.1 Å². The molecule has 10 heteroatoms. The van der Waals surface area contributed by atoms with E-state index in [1.165, 1.54) is 11.9 Å². The van der Waals surface area contributed by atoms with Crippen molar-refractivity contribution < 1.29 is 27.5 Å². The van der Waals surface area contributed by atoms with E-state index < -0.39 is 28.5 Å². The Labute approximate surface area is 200 Å². The molecule has 1 atom stereocenters. The van der Waals surface area contributed by atoms with Gasteiger partial charge in [0.1, 0.15) is 25.8 Å². The lowest BCUT2D eigenvalue weighted by Gasteiger charge is -2.32. The van der Waals surface area contributed by atoms with Crippen LogP contribution in [0.25, 0.3) is 0 Å². The van der Waals surface area contributed by atoms with Gasteiger partial charge in [0.05, 0.1) is 11.9 Å². The number of hydrogen-bond acceptors (Lipinski definition) is 6. The minimum absolute atomic E-state index is 0.170. The lowest BCUT2D eigenvalue weighted by atomic mass is 10.1. The second-order valence-electron chi connectivity index (χ2n) is 8.14. The fourth-order valence-electron chi connectivity index (χ4n) is 3.78. The van der Waals surface area contributed by atoms with E-state index in [4.69, 9.17) is 9.47 Å². The van der Waals surface area contributed by atoms with Crippen LogP contribution in [0.15, 0.2) is 42.5 Å². The van der Waals surface area contributed by atoms with Crippen LogP contribution in [0.5, 0.6) is 11.5 Å². The van der Waals surface area contributed by atoms with Gasteiger partial charge >= 0.3 is 0 Å².